The van der Waals surface area contributed by atoms with E-state index in [1.165, 1.54) is 5.56 Å². The highest BCUT2D eigenvalue weighted by Crippen LogP contribution is 2.11. The zero-order valence-electron chi connectivity index (χ0n) is 11.8. The summed E-state index contributed by atoms with van der Waals surface area (Å²) in [6.07, 6.45) is 0.316. The average molecular weight is 265 g/mol. The van der Waals surface area contributed by atoms with Crippen LogP contribution in [-0.2, 0) is 4.79 Å². The Morgan fingerprint density at radius 3 is 2.53 bits per heavy atom. The fraction of sp³-hybridized carbons (Fsp3) is 0.533. The molecule has 2 atom stereocenters. The molecule has 106 valence electrons. The molecule has 0 aromatic heterocycles. The molecule has 0 heterocycles. The number of hydrogen-bond acceptors (Lipinski definition) is 3. The van der Waals surface area contributed by atoms with Gasteiger partial charge in [0, 0.05) is 12.6 Å². The Morgan fingerprint density at radius 1 is 1.32 bits per heavy atom. The van der Waals surface area contributed by atoms with Crippen LogP contribution >= 0.6 is 0 Å². The van der Waals surface area contributed by atoms with Crippen molar-refractivity contribution >= 4 is 5.91 Å². The van der Waals surface area contributed by atoms with Crippen LogP contribution in [0, 0.1) is 12.8 Å². The molecule has 1 rings (SSSR count). The first-order chi connectivity index (χ1) is 9.02. The maximum absolute atomic E-state index is 11.6. The quantitative estimate of drug-likeness (QED) is 0.791. The third kappa shape index (κ3) is 5.75. The molecule has 4 nitrogen and oxygen atoms in total. The van der Waals surface area contributed by atoms with Crippen molar-refractivity contribution in [3.63, 3.8) is 0 Å². The third-order valence-electron chi connectivity index (χ3n) is 3.15. The lowest BCUT2D eigenvalue weighted by Gasteiger charge is -2.19. The van der Waals surface area contributed by atoms with Crippen LogP contribution in [0.15, 0.2) is 24.3 Å². The van der Waals surface area contributed by atoms with Crippen molar-refractivity contribution in [3.8, 4) is 5.75 Å². The van der Waals surface area contributed by atoms with Crippen LogP contribution in [-0.4, -0.2) is 30.3 Å². The monoisotopic (exact) mass is 265 g/mol. The number of ether oxygens (including phenoxy) is 1. The van der Waals surface area contributed by atoms with Gasteiger partial charge in [-0.15, -0.1) is 0 Å². The number of carbonyl (C=O) groups is 1. The van der Waals surface area contributed by atoms with Gasteiger partial charge < -0.3 is 15.2 Å². The normalized spacial score (nSPS) is 13.7. The molecule has 0 saturated heterocycles. The zero-order chi connectivity index (χ0) is 14.3. The molecule has 1 amide bonds. The molecule has 4 heteroatoms. The summed E-state index contributed by atoms with van der Waals surface area (Å²) in [4.78, 5) is 11.6. The van der Waals surface area contributed by atoms with Crippen molar-refractivity contribution in [1.82, 2.24) is 5.32 Å². The van der Waals surface area contributed by atoms with Crippen molar-refractivity contribution < 1.29 is 14.6 Å². The summed E-state index contributed by atoms with van der Waals surface area (Å²) in [5, 5.41) is 11.8. The zero-order valence-corrected chi connectivity index (χ0v) is 11.8. The molecule has 19 heavy (non-hydrogen) atoms. The summed E-state index contributed by atoms with van der Waals surface area (Å²) in [5.41, 5.74) is 1.18. The Balaban J connectivity index is 2.25. The first-order valence-electron chi connectivity index (χ1n) is 6.62. The first-order valence-corrected chi connectivity index (χ1v) is 6.62. The number of aliphatic hydroxyl groups excluding tert-OH is 1. The van der Waals surface area contributed by atoms with Gasteiger partial charge in [-0.2, -0.15) is 0 Å². The first kappa shape index (κ1) is 15.5. The Bertz CT molecular complexity index is 389. The second-order valence-electron chi connectivity index (χ2n) is 4.93. The van der Waals surface area contributed by atoms with E-state index in [2.05, 4.69) is 5.32 Å². The van der Waals surface area contributed by atoms with E-state index in [0.29, 0.717) is 13.0 Å². The van der Waals surface area contributed by atoms with Crippen LogP contribution in [0.3, 0.4) is 0 Å². The largest absolute Gasteiger partial charge is 0.493 e. The van der Waals surface area contributed by atoms with Crippen LogP contribution in [0.4, 0.5) is 0 Å². The number of hydrogen-bond donors (Lipinski definition) is 2. The van der Waals surface area contributed by atoms with Gasteiger partial charge in [0.1, 0.15) is 5.75 Å². The second-order valence-corrected chi connectivity index (χ2v) is 4.93. The molecule has 1 aromatic rings. The van der Waals surface area contributed by atoms with Crippen molar-refractivity contribution in [2.24, 2.45) is 5.92 Å². The van der Waals surface area contributed by atoms with E-state index < -0.39 is 0 Å². The molecular formula is C15H23NO3. The topological polar surface area (TPSA) is 58.6 Å². The van der Waals surface area contributed by atoms with E-state index in [4.69, 9.17) is 9.84 Å². The highest BCUT2D eigenvalue weighted by molar-refractivity contribution is 5.76. The van der Waals surface area contributed by atoms with E-state index in [1.807, 2.05) is 45.0 Å². The van der Waals surface area contributed by atoms with E-state index in [1.54, 1.807) is 0 Å². The second kappa shape index (κ2) is 7.79. The molecule has 0 spiro atoms. The maximum Gasteiger partial charge on any atom is 0.223 e. The van der Waals surface area contributed by atoms with E-state index in [0.717, 1.165) is 5.75 Å². The number of rotatable bonds is 7. The van der Waals surface area contributed by atoms with Gasteiger partial charge in [0.15, 0.2) is 0 Å². The van der Waals surface area contributed by atoms with Gasteiger partial charge >= 0.3 is 0 Å². The van der Waals surface area contributed by atoms with Crippen molar-refractivity contribution in [1.29, 1.82) is 0 Å². The molecule has 0 bridgehead atoms. The average Bonchev–Trinajstić information content (AvgIpc) is 2.40. The molecule has 2 unspecified atom stereocenters. The molecular weight excluding hydrogens is 242 g/mol. The third-order valence-corrected chi connectivity index (χ3v) is 3.15. The minimum atomic E-state index is -0.0556. The van der Waals surface area contributed by atoms with Gasteiger partial charge in [0.2, 0.25) is 5.91 Å². The van der Waals surface area contributed by atoms with Gasteiger partial charge in [-0.05, 0) is 31.9 Å². The summed E-state index contributed by atoms with van der Waals surface area (Å²) >= 11 is 0. The fourth-order valence-electron chi connectivity index (χ4n) is 1.52. The Hall–Kier alpha value is -1.55. The standard InChI is InChI=1S/C15H23NO3/c1-11-4-6-14(7-5-11)19-9-8-15(18)16-13(3)12(2)10-17/h4-7,12-13,17H,8-10H2,1-3H3,(H,16,18). The predicted octanol–water partition coefficient (Wildman–Crippen LogP) is 1.90. The van der Waals surface area contributed by atoms with Crippen LogP contribution < -0.4 is 10.1 Å². The Kier molecular flexibility index (Phi) is 6.36. The number of amides is 1. The summed E-state index contributed by atoms with van der Waals surface area (Å²) in [6, 6.07) is 7.70. The SMILES string of the molecule is Cc1ccc(OCCC(=O)NC(C)C(C)CO)cc1. The van der Waals surface area contributed by atoms with Crippen LogP contribution in [0.2, 0.25) is 0 Å². The number of aliphatic hydroxyl groups is 1. The minimum absolute atomic E-state index is 0.0307. The van der Waals surface area contributed by atoms with Crippen LogP contribution in [0.25, 0.3) is 0 Å². The van der Waals surface area contributed by atoms with Crippen LogP contribution in [0.1, 0.15) is 25.8 Å². The highest BCUT2D eigenvalue weighted by Gasteiger charge is 2.13. The van der Waals surface area contributed by atoms with E-state index in [-0.39, 0.29) is 24.5 Å². The molecule has 2 N–H and O–H groups in total. The number of aryl methyl sites for hydroxylation is 1. The maximum atomic E-state index is 11.6. The van der Waals surface area contributed by atoms with Crippen molar-refractivity contribution in [2.75, 3.05) is 13.2 Å². The summed E-state index contributed by atoms with van der Waals surface area (Å²) in [5.74, 6) is 0.775. The lowest BCUT2D eigenvalue weighted by molar-refractivity contribution is -0.122. The minimum Gasteiger partial charge on any atom is -0.493 e. The smallest absolute Gasteiger partial charge is 0.223 e. The molecule has 1 aromatic carbocycles. The summed E-state index contributed by atoms with van der Waals surface area (Å²) in [6.45, 7) is 6.23. The Labute approximate surface area is 114 Å². The fourth-order valence-corrected chi connectivity index (χ4v) is 1.52. The predicted molar refractivity (Wildman–Crippen MR) is 75.1 cm³/mol. The van der Waals surface area contributed by atoms with E-state index in [9.17, 15) is 4.79 Å². The van der Waals surface area contributed by atoms with Gasteiger partial charge in [0.25, 0.3) is 0 Å². The highest BCUT2D eigenvalue weighted by atomic mass is 16.5. The summed E-state index contributed by atoms with van der Waals surface area (Å²) in [7, 11) is 0. The van der Waals surface area contributed by atoms with Crippen molar-refractivity contribution in [3.05, 3.63) is 29.8 Å². The molecule has 0 aliphatic heterocycles. The molecule has 0 fully saturated rings. The molecule has 0 aliphatic carbocycles. The molecule has 0 radical (unpaired) electrons. The Morgan fingerprint density at radius 2 is 1.95 bits per heavy atom. The van der Waals surface area contributed by atoms with Crippen molar-refractivity contribution in [2.45, 2.75) is 33.2 Å². The number of benzene rings is 1. The summed E-state index contributed by atoms with van der Waals surface area (Å²) < 4.78 is 5.49. The lowest BCUT2D eigenvalue weighted by atomic mass is 10.1. The van der Waals surface area contributed by atoms with Gasteiger partial charge in [-0.1, -0.05) is 24.6 Å². The molecule has 0 aliphatic rings. The number of carbonyl (C=O) groups excluding carboxylic acids is 1. The van der Waals surface area contributed by atoms with E-state index >= 15 is 0 Å². The van der Waals surface area contributed by atoms with Crippen LogP contribution in [0.5, 0.6) is 5.75 Å². The van der Waals surface area contributed by atoms with Gasteiger partial charge in [-0.3, -0.25) is 4.79 Å². The van der Waals surface area contributed by atoms with Gasteiger partial charge in [-0.25, -0.2) is 0 Å². The number of nitrogens with one attached hydrogen (secondary N) is 1. The molecule has 0 saturated carbocycles. The van der Waals surface area contributed by atoms with Gasteiger partial charge in [0.05, 0.1) is 13.0 Å². The lowest BCUT2D eigenvalue weighted by Crippen LogP contribution is -2.38.